The molecule has 3 rings (SSSR count). The number of nitrogens with one attached hydrogen (secondary N) is 2. The molecule has 1 aromatic heterocycles. The fourth-order valence-corrected chi connectivity index (χ4v) is 2.15. The van der Waals surface area contributed by atoms with Gasteiger partial charge in [0, 0.05) is 11.9 Å². The van der Waals surface area contributed by atoms with Crippen molar-refractivity contribution in [3.05, 3.63) is 30.0 Å². The highest BCUT2D eigenvalue weighted by atomic mass is 15.1. The molecular weight excluding hydrogens is 174 g/mol. The van der Waals surface area contributed by atoms with Crippen molar-refractivity contribution in [2.45, 2.75) is 12.3 Å². The Morgan fingerprint density at radius 2 is 2.36 bits per heavy atom. The van der Waals surface area contributed by atoms with Crippen LogP contribution in [0.25, 0.3) is 10.9 Å². The monoisotopic (exact) mass is 187 g/mol. The lowest BCUT2D eigenvalue weighted by Gasteiger charge is -2.07. The molecule has 0 radical (unpaired) electrons. The van der Waals surface area contributed by atoms with E-state index < -0.39 is 0 Å². The first-order chi connectivity index (χ1) is 6.93. The van der Waals surface area contributed by atoms with E-state index in [9.17, 15) is 0 Å². The van der Waals surface area contributed by atoms with Crippen molar-refractivity contribution >= 4 is 10.9 Å². The van der Waals surface area contributed by atoms with Crippen LogP contribution in [0.15, 0.2) is 24.4 Å². The zero-order chi connectivity index (χ0) is 9.38. The maximum Gasteiger partial charge on any atom is 0.0650 e. The van der Waals surface area contributed by atoms with Crippen LogP contribution in [0, 0.1) is 0 Å². The second-order valence-corrected chi connectivity index (χ2v) is 3.91. The molecule has 2 N–H and O–H groups in total. The average molecular weight is 187 g/mol. The first-order valence-electron chi connectivity index (χ1n) is 5.07. The molecular formula is C11H13N3. The van der Waals surface area contributed by atoms with E-state index in [-0.39, 0.29) is 0 Å². The second-order valence-electron chi connectivity index (χ2n) is 3.91. The van der Waals surface area contributed by atoms with Crippen LogP contribution in [0.2, 0.25) is 0 Å². The third-order valence-corrected chi connectivity index (χ3v) is 3.00. The molecule has 1 unspecified atom stereocenters. The molecule has 0 spiro atoms. The Hall–Kier alpha value is -1.35. The molecule has 14 heavy (non-hydrogen) atoms. The largest absolute Gasteiger partial charge is 0.316 e. The van der Waals surface area contributed by atoms with Crippen LogP contribution < -0.4 is 5.32 Å². The van der Waals surface area contributed by atoms with E-state index >= 15 is 0 Å². The normalized spacial score (nSPS) is 21.9. The minimum Gasteiger partial charge on any atom is -0.316 e. The van der Waals surface area contributed by atoms with Crippen molar-refractivity contribution in [1.82, 2.24) is 15.5 Å². The van der Waals surface area contributed by atoms with E-state index in [1.54, 1.807) is 0 Å². The molecule has 72 valence electrons. The number of rotatable bonds is 1. The summed E-state index contributed by atoms with van der Waals surface area (Å²) in [6, 6.07) is 6.57. The van der Waals surface area contributed by atoms with Gasteiger partial charge in [0.15, 0.2) is 0 Å². The van der Waals surface area contributed by atoms with Gasteiger partial charge in [-0.1, -0.05) is 6.07 Å². The van der Waals surface area contributed by atoms with Gasteiger partial charge >= 0.3 is 0 Å². The van der Waals surface area contributed by atoms with Crippen LogP contribution in [-0.4, -0.2) is 23.3 Å². The number of fused-ring (bicyclic) bond motifs is 1. The van der Waals surface area contributed by atoms with Crippen LogP contribution in [0.5, 0.6) is 0 Å². The topological polar surface area (TPSA) is 40.7 Å². The lowest BCUT2D eigenvalue weighted by Crippen LogP contribution is -2.07. The van der Waals surface area contributed by atoms with Gasteiger partial charge in [0.05, 0.1) is 11.7 Å². The van der Waals surface area contributed by atoms with Gasteiger partial charge in [0.2, 0.25) is 0 Å². The van der Waals surface area contributed by atoms with Crippen molar-refractivity contribution in [2.75, 3.05) is 13.1 Å². The van der Waals surface area contributed by atoms with Crippen LogP contribution in [0.3, 0.4) is 0 Å². The van der Waals surface area contributed by atoms with Crippen molar-refractivity contribution in [3.63, 3.8) is 0 Å². The quantitative estimate of drug-likeness (QED) is 0.712. The molecule has 1 aromatic carbocycles. The summed E-state index contributed by atoms with van der Waals surface area (Å²) >= 11 is 0. The summed E-state index contributed by atoms with van der Waals surface area (Å²) in [6.45, 7) is 2.26. The average Bonchev–Trinajstić information content (AvgIpc) is 2.88. The summed E-state index contributed by atoms with van der Waals surface area (Å²) in [5.74, 6) is 0.689. The summed E-state index contributed by atoms with van der Waals surface area (Å²) in [4.78, 5) is 0. The molecule has 0 saturated carbocycles. The molecule has 0 bridgehead atoms. The predicted octanol–water partition coefficient (Wildman–Crippen LogP) is 1.64. The first kappa shape index (κ1) is 8.00. The number of aromatic amines is 1. The maximum absolute atomic E-state index is 4.03. The van der Waals surface area contributed by atoms with Gasteiger partial charge in [-0.05, 0) is 36.6 Å². The molecule has 2 aromatic rings. The Labute approximate surface area is 82.5 Å². The molecule has 1 aliphatic heterocycles. The summed E-state index contributed by atoms with van der Waals surface area (Å²) in [5, 5.41) is 11.6. The van der Waals surface area contributed by atoms with Gasteiger partial charge in [-0.15, -0.1) is 0 Å². The summed E-state index contributed by atoms with van der Waals surface area (Å²) in [5.41, 5.74) is 2.56. The van der Waals surface area contributed by atoms with E-state index in [1.807, 2.05) is 6.20 Å². The third kappa shape index (κ3) is 1.21. The number of hydrogen-bond donors (Lipinski definition) is 2. The van der Waals surface area contributed by atoms with E-state index in [1.165, 1.54) is 17.4 Å². The molecule has 0 aliphatic carbocycles. The van der Waals surface area contributed by atoms with Crippen LogP contribution in [0.4, 0.5) is 0 Å². The van der Waals surface area contributed by atoms with Crippen LogP contribution in [0.1, 0.15) is 17.9 Å². The van der Waals surface area contributed by atoms with Crippen molar-refractivity contribution in [1.29, 1.82) is 0 Å². The zero-order valence-corrected chi connectivity index (χ0v) is 7.96. The summed E-state index contributed by atoms with van der Waals surface area (Å²) in [6.07, 6.45) is 3.14. The number of nitrogens with zero attached hydrogens (tertiary/aromatic N) is 1. The predicted molar refractivity (Wildman–Crippen MR) is 56.3 cm³/mol. The van der Waals surface area contributed by atoms with Crippen LogP contribution >= 0.6 is 0 Å². The number of aromatic nitrogens is 2. The highest BCUT2D eigenvalue weighted by molar-refractivity contribution is 5.78. The lowest BCUT2D eigenvalue weighted by atomic mass is 9.97. The molecule has 0 amide bonds. The lowest BCUT2D eigenvalue weighted by molar-refractivity contribution is 0.765. The molecule has 3 nitrogen and oxygen atoms in total. The summed E-state index contributed by atoms with van der Waals surface area (Å²) in [7, 11) is 0. The first-order valence-corrected chi connectivity index (χ1v) is 5.07. The smallest absolute Gasteiger partial charge is 0.0650 e. The zero-order valence-electron chi connectivity index (χ0n) is 7.96. The van der Waals surface area contributed by atoms with E-state index in [0.29, 0.717) is 5.92 Å². The van der Waals surface area contributed by atoms with Crippen LogP contribution in [-0.2, 0) is 0 Å². The molecule has 3 heteroatoms. The molecule has 2 heterocycles. The Bertz CT molecular complexity index is 440. The van der Waals surface area contributed by atoms with Gasteiger partial charge in [0.25, 0.3) is 0 Å². The van der Waals surface area contributed by atoms with Crippen molar-refractivity contribution in [2.24, 2.45) is 0 Å². The fourth-order valence-electron chi connectivity index (χ4n) is 2.15. The van der Waals surface area contributed by atoms with Gasteiger partial charge in [0.1, 0.15) is 0 Å². The standard InChI is InChI=1S/C11H13N3/c1-2-11-10(7-13-14-11)5-8(1)9-3-4-12-6-9/h1-2,5,7,9,12H,3-4,6H2,(H,13,14). The van der Waals surface area contributed by atoms with Crippen molar-refractivity contribution in [3.8, 4) is 0 Å². The van der Waals surface area contributed by atoms with E-state index in [2.05, 4.69) is 33.7 Å². The highest BCUT2D eigenvalue weighted by Crippen LogP contribution is 2.24. The minimum absolute atomic E-state index is 0.689. The van der Waals surface area contributed by atoms with Gasteiger partial charge < -0.3 is 5.32 Å². The Morgan fingerprint density at radius 1 is 1.36 bits per heavy atom. The third-order valence-electron chi connectivity index (χ3n) is 3.00. The number of hydrogen-bond acceptors (Lipinski definition) is 2. The second kappa shape index (κ2) is 3.10. The van der Waals surface area contributed by atoms with Gasteiger partial charge in [-0.3, -0.25) is 5.10 Å². The fraction of sp³-hybridized carbons (Fsp3) is 0.364. The minimum atomic E-state index is 0.689. The Morgan fingerprint density at radius 3 is 3.21 bits per heavy atom. The SMILES string of the molecule is c1cc2[nH]ncc2cc1C1CCNC1. The Balaban J connectivity index is 2.04. The van der Waals surface area contributed by atoms with E-state index in [4.69, 9.17) is 0 Å². The van der Waals surface area contributed by atoms with Gasteiger partial charge in [-0.2, -0.15) is 5.10 Å². The highest BCUT2D eigenvalue weighted by Gasteiger charge is 2.16. The summed E-state index contributed by atoms with van der Waals surface area (Å²) < 4.78 is 0. The maximum atomic E-state index is 4.03. The molecule has 1 fully saturated rings. The van der Waals surface area contributed by atoms with Crippen molar-refractivity contribution < 1.29 is 0 Å². The van der Waals surface area contributed by atoms with E-state index in [0.717, 1.165) is 18.6 Å². The molecule has 1 saturated heterocycles. The number of benzene rings is 1. The molecule has 1 atom stereocenters. The molecule has 1 aliphatic rings. The van der Waals surface area contributed by atoms with Gasteiger partial charge in [-0.25, -0.2) is 0 Å². The Kier molecular flexibility index (Phi) is 1.77. The number of H-pyrrole nitrogens is 1.